The molecule has 0 saturated carbocycles. The van der Waals surface area contributed by atoms with Crippen molar-refractivity contribution in [2.24, 2.45) is 0 Å². The minimum atomic E-state index is -3.30. The van der Waals surface area contributed by atoms with Gasteiger partial charge in [-0.2, -0.15) is 0 Å². The van der Waals surface area contributed by atoms with Gasteiger partial charge < -0.3 is 4.90 Å². The number of hydrogen-bond donors (Lipinski definition) is 0. The first-order valence-corrected chi connectivity index (χ1v) is 9.96. The summed E-state index contributed by atoms with van der Waals surface area (Å²) in [4.78, 5) is 2.15. The molecule has 0 N–H and O–H groups in total. The van der Waals surface area contributed by atoms with E-state index in [1.54, 1.807) is 37.4 Å². The molecule has 0 aromatic heterocycles. The van der Waals surface area contributed by atoms with Crippen LogP contribution in [0.5, 0.6) is 0 Å². The van der Waals surface area contributed by atoms with Crippen LogP contribution in [0, 0.1) is 0 Å². The van der Waals surface area contributed by atoms with Crippen molar-refractivity contribution in [3.05, 3.63) is 30.3 Å². The summed E-state index contributed by atoms with van der Waals surface area (Å²) in [6.07, 6.45) is 0.588. The van der Waals surface area contributed by atoms with Gasteiger partial charge in [-0.15, -0.1) is 0 Å². The van der Waals surface area contributed by atoms with E-state index >= 15 is 0 Å². The molecule has 1 aromatic rings. The molecular weight excluding hydrogens is 298 g/mol. The van der Waals surface area contributed by atoms with Crippen LogP contribution in [0.3, 0.4) is 0 Å². The maximum Gasteiger partial charge on any atom is 0.179 e. The third kappa shape index (κ3) is 3.80. The minimum Gasteiger partial charge on any atom is -0.301 e. The summed E-state index contributed by atoms with van der Waals surface area (Å²) in [5.41, 5.74) is 0. The molecule has 0 bridgehead atoms. The highest BCUT2D eigenvalue weighted by Gasteiger charge is 2.31. The number of benzene rings is 1. The van der Waals surface area contributed by atoms with Crippen molar-refractivity contribution in [1.82, 2.24) is 4.90 Å². The van der Waals surface area contributed by atoms with Crippen LogP contribution in [-0.4, -0.2) is 58.6 Å². The topological polar surface area (TPSA) is 71.5 Å². The van der Waals surface area contributed by atoms with Crippen LogP contribution in [0.25, 0.3) is 0 Å². The summed E-state index contributed by atoms with van der Waals surface area (Å²) < 4.78 is 47.1. The molecule has 1 fully saturated rings. The third-order valence-corrected chi connectivity index (χ3v) is 7.11. The average molecular weight is 317 g/mol. The van der Waals surface area contributed by atoms with Crippen molar-refractivity contribution < 1.29 is 16.8 Å². The zero-order valence-corrected chi connectivity index (χ0v) is 13.0. The van der Waals surface area contributed by atoms with Crippen molar-refractivity contribution in [2.45, 2.75) is 17.4 Å². The van der Waals surface area contributed by atoms with Crippen LogP contribution in [-0.2, 0) is 19.7 Å². The Kier molecular flexibility index (Phi) is 4.51. The van der Waals surface area contributed by atoms with E-state index in [9.17, 15) is 16.8 Å². The minimum absolute atomic E-state index is 0.00403. The average Bonchev–Trinajstić information content (AvgIpc) is 2.78. The van der Waals surface area contributed by atoms with Crippen molar-refractivity contribution >= 4 is 19.7 Å². The summed E-state index contributed by atoms with van der Waals surface area (Å²) >= 11 is 0. The van der Waals surface area contributed by atoms with Gasteiger partial charge in [-0.1, -0.05) is 18.2 Å². The SMILES string of the molecule is CN(CCS(=O)(=O)c1ccccc1)C1CCS(=O)(=O)C1. The van der Waals surface area contributed by atoms with Gasteiger partial charge in [0.2, 0.25) is 0 Å². The highest BCUT2D eigenvalue weighted by molar-refractivity contribution is 7.91. The standard InChI is InChI=1S/C13H19NO4S2/c1-14(12-7-9-19(15,16)11-12)8-10-20(17,18)13-5-3-2-4-6-13/h2-6,12H,7-11H2,1H3. The summed E-state index contributed by atoms with van der Waals surface area (Å²) in [6.45, 7) is 0.345. The van der Waals surface area contributed by atoms with E-state index in [4.69, 9.17) is 0 Å². The molecule has 1 atom stereocenters. The molecule has 7 heteroatoms. The Morgan fingerprint density at radius 3 is 2.45 bits per heavy atom. The van der Waals surface area contributed by atoms with Gasteiger partial charge >= 0.3 is 0 Å². The number of nitrogens with zero attached hydrogens (tertiary/aromatic N) is 1. The Morgan fingerprint density at radius 2 is 1.90 bits per heavy atom. The van der Waals surface area contributed by atoms with E-state index in [2.05, 4.69) is 0 Å². The van der Waals surface area contributed by atoms with E-state index in [0.29, 0.717) is 17.9 Å². The number of rotatable bonds is 5. The molecule has 1 heterocycles. The first-order chi connectivity index (χ1) is 9.30. The lowest BCUT2D eigenvalue weighted by atomic mass is 10.2. The van der Waals surface area contributed by atoms with Crippen LogP contribution in [0.4, 0.5) is 0 Å². The second kappa shape index (κ2) is 5.83. The number of hydrogen-bond acceptors (Lipinski definition) is 5. The molecule has 0 spiro atoms. The lowest BCUT2D eigenvalue weighted by Gasteiger charge is -2.22. The van der Waals surface area contributed by atoms with Gasteiger partial charge in [0, 0.05) is 12.6 Å². The smallest absolute Gasteiger partial charge is 0.179 e. The van der Waals surface area contributed by atoms with Crippen LogP contribution in [0.15, 0.2) is 35.2 Å². The monoisotopic (exact) mass is 317 g/mol. The molecule has 0 radical (unpaired) electrons. The molecule has 1 aliphatic heterocycles. The number of sulfone groups is 2. The summed E-state index contributed by atoms with van der Waals surface area (Å²) in [5, 5.41) is 0. The van der Waals surface area contributed by atoms with Crippen LogP contribution in [0.2, 0.25) is 0 Å². The van der Waals surface area contributed by atoms with Gasteiger partial charge in [0.1, 0.15) is 0 Å². The van der Waals surface area contributed by atoms with E-state index in [1.807, 2.05) is 4.90 Å². The molecule has 20 heavy (non-hydrogen) atoms. The molecule has 2 rings (SSSR count). The van der Waals surface area contributed by atoms with Gasteiger partial charge in [-0.25, -0.2) is 16.8 Å². The highest BCUT2D eigenvalue weighted by Crippen LogP contribution is 2.17. The van der Waals surface area contributed by atoms with E-state index in [-0.39, 0.29) is 23.3 Å². The van der Waals surface area contributed by atoms with Crippen LogP contribution >= 0.6 is 0 Å². The van der Waals surface area contributed by atoms with Crippen molar-refractivity contribution in [2.75, 3.05) is 30.9 Å². The maximum atomic E-state index is 12.1. The molecule has 1 saturated heterocycles. The lowest BCUT2D eigenvalue weighted by Crippen LogP contribution is -2.36. The van der Waals surface area contributed by atoms with Crippen molar-refractivity contribution in [3.8, 4) is 0 Å². The Morgan fingerprint density at radius 1 is 1.25 bits per heavy atom. The second-order valence-electron chi connectivity index (χ2n) is 5.17. The maximum absolute atomic E-state index is 12.1. The summed E-state index contributed by atoms with van der Waals surface area (Å²) in [7, 11) is -4.46. The molecule has 0 aliphatic carbocycles. The fourth-order valence-electron chi connectivity index (χ4n) is 2.32. The van der Waals surface area contributed by atoms with Gasteiger partial charge in [0.15, 0.2) is 19.7 Å². The van der Waals surface area contributed by atoms with Gasteiger partial charge in [0.05, 0.1) is 22.2 Å². The van der Waals surface area contributed by atoms with E-state index in [0.717, 1.165) is 0 Å². The molecular formula is C13H19NO4S2. The van der Waals surface area contributed by atoms with Crippen molar-refractivity contribution in [1.29, 1.82) is 0 Å². The largest absolute Gasteiger partial charge is 0.301 e. The quantitative estimate of drug-likeness (QED) is 0.794. The highest BCUT2D eigenvalue weighted by atomic mass is 32.2. The zero-order valence-electron chi connectivity index (χ0n) is 11.4. The Labute approximate surface area is 120 Å². The third-order valence-electron chi connectivity index (χ3n) is 3.65. The van der Waals surface area contributed by atoms with Gasteiger partial charge in [-0.3, -0.25) is 0 Å². The molecule has 1 aliphatic rings. The second-order valence-corrected chi connectivity index (χ2v) is 9.51. The Hall–Kier alpha value is -0.920. The molecule has 112 valence electrons. The predicted molar refractivity (Wildman–Crippen MR) is 78.2 cm³/mol. The molecule has 5 nitrogen and oxygen atoms in total. The first-order valence-electron chi connectivity index (χ1n) is 6.49. The fourth-order valence-corrected chi connectivity index (χ4v) is 5.46. The first kappa shape index (κ1) is 15.5. The molecule has 1 unspecified atom stereocenters. The zero-order chi connectivity index (χ0) is 14.8. The lowest BCUT2D eigenvalue weighted by molar-refractivity contribution is 0.276. The van der Waals surface area contributed by atoms with Crippen LogP contribution < -0.4 is 0 Å². The van der Waals surface area contributed by atoms with E-state index < -0.39 is 19.7 Å². The van der Waals surface area contributed by atoms with Gasteiger partial charge in [0.25, 0.3) is 0 Å². The predicted octanol–water partition coefficient (Wildman–Crippen LogP) is 0.579. The normalized spacial score (nSPS) is 22.2. The molecule has 0 amide bonds. The summed E-state index contributed by atoms with van der Waals surface area (Å²) in [5.74, 6) is 0.340. The van der Waals surface area contributed by atoms with Gasteiger partial charge in [-0.05, 0) is 25.6 Å². The van der Waals surface area contributed by atoms with Crippen LogP contribution in [0.1, 0.15) is 6.42 Å². The van der Waals surface area contributed by atoms with E-state index in [1.165, 1.54) is 0 Å². The fraction of sp³-hybridized carbons (Fsp3) is 0.538. The molecule has 1 aromatic carbocycles. The Bertz CT molecular complexity index is 653. The van der Waals surface area contributed by atoms with Crippen molar-refractivity contribution in [3.63, 3.8) is 0 Å². The summed E-state index contributed by atoms with van der Waals surface area (Å²) in [6, 6.07) is 8.26. The Balaban J connectivity index is 1.95.